The molecular weight excluding hydrogens is 586 g/mol. The number of carbonyl (C=O) groups is 3. The molecule has 2 bridgehead atoms. The van der Waals surface area contributed by atoms with E-state index in [1.165, 1.54) is 0 Å². The fourth-order valence-electron chi connectivity index (χ4n) is 7.81. The first kappa shape index (κ1) is 30.0. The lowest BCUT2D eigenvalue weighted by Gasteiger charge is -2.42. The Morgan fingerprint density at radius 3 is 2.46 bits per heavy atom. The first-order chi connectivity index (χ1) is 19.8. The molecule has 1 aromatic rings. The van der Waals surface area contributed by atoms with E-state index in [9.17, 15) is 19.5 Å². The number of halogens is 1. The zero-order chi connectivity index (χ0) is 29.3. The van der Waals surface area contributed by atoms with Crippen LogP contribution in [0.15, 0.2) is 55.6 Å². The molecule has 41 heavy (non-hydrogen) atoms. The Morgan fingerprint density at radius 1 is 1.15 bits per heavy atom. The van der Waals surface area contributed by atoms with Gasteiger partial charge >= 0.3 is 0 Å². The van der Waals surface area contributed by atoms with Crippen molar-refractivity contribution >= 4 is 33.7 Å². The van der Waals surface area contributed by atoms with E-state index in [1.54, 1.807) is 29.0 Å². The summed E-state index contributed by atoms with van der Waals surface area (Å²) in [4.78, 5) is 48.0. The van der Waals surface area contributed by atoms with E-state index in [0.29, 0.717) is 25.9 Å². The van der Waals surface area contributed by atoms with Gasteiger partial charge in [-0.25, -0.2) is 0 Å². The largest absolute Gasteiger partial charge is 0.394 e. The Kier molecular flexibility index (Phi) is 9.07. The summed E-state index contributed by atoms with van der Waals surface area (Å²) in [5, 5.41) is 10.7. The second kappa shape index (κ2) is 12.4. The van der Waals surface area contributed by atoms with Gasteiger partial charge in [0.25, 0.3) is 0 Å². The van der Waals surface area contributed by atoms with Gasteiger partial charge in [-0.3, -0.25) is 14.4 Å². The number of likely N-dealkylation sites (N-methyl/N-ethyl adjacent to an activating group) is 1. The highest BCUT2D eigenvalue weighted by atomic mass is 79.9. The van der Waals surface area contributed by atoms with Crippen molar-refractivity contribution in [3.8, 4) is 0 Å². The molecule has 4 aliphatic rings. The third-order valence-corrected chi connectivity index (χ3v) is 10.4. The molecule has 4 fully saturated rings. The monoisotopic (exact) mass is 627 g/mol. The lowest BCUT2D eigenvalue weighted by Crippen LogP contribution is -2.61. The van der Waals surface area contributed by atoms with Crippen LogP contribution in [0.4, 0.5) is 0 Å². The Balaban J connectivity index is 1.59. The van der Waals surface area contributed by atoms with Crippen molar-refractivity contribution in [2.75, 3.05) is 26.7 Å². The summed E-state index contributed by atoms with van der Waals surface area (Å²) >= 11 is 3.76. The average Bonchev–Trinajstić information content (AvgIpc) is 3.58. The van der Waals surface area contributed by atoms with Gasteiger partial charge in [-0.1, -0.05) is 77.7 Å². The average molecular weight is 629 g/mol. The molecule has 8 nitrogen and oxygen atoms in total. The predicted octanol–water partition coefficient (Wildman–Crippen LogP) is 3.33. The lowest BCUT2D eigenvalue weighted by molar-refractivity contribution is -0.153. The highest BCUT2D eigenvalue weighted by Gasteiger charge is 2.77. The number of carbonyl (C=O) groups excluding carboxylic acids is 3. The van der Waals surface area contributed by atoms with Gasteiger partial charge in [-0.2, -0.15) is 0 Å². The van der Waals surface area contributed by atoms with Crippen LogP contribution in [-0.4, -0.2) is 98.9 Å². The number of nitrogens with zero attached hydrogens (tertiary/aromatic N) is 3. The smallest absolute Gasteiger partial charge is 0.248 e. The Labute approximate surface area is 251 Å². The van der Waals surface area contributed by atoms with E-state index in [2.05, 4.69) is 29.1 Å². The summed E-state index contributed by atoms with van der Waals surface area (Å²) in [7, 11) is 1.70. The number of aliphatic hydroxyl groups is 1. The number of benzene rings is 1. The summed E-state index contributed by atoms with van der Waals surface area (Å²) in [5.74, 6) is -2.19. The van der Waals surface area contributed by atoms with Gasteiger partial charge in [-0.05, 0) is 31.2 Å². The van der Waals surface area contributed by atoms with E-state index in [1.807, 2.05) is 35.2 Å². The third kappa shape index (κ3) is 5.19. The normalized spacial score (nSPS) is 31.5. The predicted molar refractivity (Wildman–Crippen MR) is 160 cm³/mol. The fraction of sp³-hybridized carbons (Fsp3) is 0.594. The van der Waals surface area contributed by atoms with Crippen molar-refractivity contribution in [1.29, 1.82) is 0 Å². The molecule has 3 amide bonds. The standard InChI is InChI=1S/C32H42BrN3O5/c1-4-16-34(3)29(38)25-26-30(39)36(23(20-37)18-21-12-8-6-9-13-21)28(32(26)19-24(33)27(25)41-32)31(40)35(17-5-2)22-14-10-7-11-15-22/h4-6,8-9,12-13,22-28,37H,1-2,7,10-11,14-20H2,3H3/t23-,24?,25-,26+,27-,28?,32?/m1/s1. The van der Waals surface area contributed by atoms with Crippen LogP contribution < -0.4 is 0 Å². The van der Waals surface area contributed by atoms with Gasteiger partial charge in [0.05, 0.1) is 30.6 Å². The van der Waals surface area contributed by atoms with E-state index in [4.69, 9.17) is 4.74 Å². The van der Waals surface area contributed by atoms with Crippen molar-refractivity contribution in [2.24, 2.45) is 11.8 Å². The molecule has 3 aliphatic heterocycles. The zero-order valence-electron chi connectivity index (χ0n) is 23.9. The summed E-state index contributed by atoms with van der Waals surface area (Å²) in [5.41, 5.74) is -0.210. The Bertz CT molecular complexity index is 1160. The van der Waals surface area contributed by atoms with Crippen molar-refractivity contribution < 1.29 is 24.2 Å². The van der Waals surface area contributed by atoms with Crippen LogP contribution in [0.3, 0.4) is 0 Å². The molecular formula is C32H42BrN3O5. The molecule has 3 unspecified atom stereocenters. The highest BCUT2D eigenvalue weighted by Crippen LogP contribution is 2.61. The van der Waals surface area contributed by atoms with Gasteiger partial charge in [0.15, 0.2) is 0 Å². The maximum atomic E-state index is 14.8. The van der Waals surface area contributed by atoms with Gasteiger partial charge in [0.1, 0.15) is 11.6 Å². The number of ether oxygens (including phenoxy) is 1. The summed E-state index contributed by atoms with van der Waals surface area (Å²) in [6, 6.07) is 8.14. The van der Waals surface area contributed by atoms with E-state index < -0.39 is 35.6 Å². The third-order valence-electron chi connectivity index (χ3n) is 9.57. The quantitative estimate of drug-likeness (QED) is 0.300. The molecule has 9 heteroatoms. The SMILES string of the molecule is C=CCN(C)C(=O)[C@H]1[C@@H]2OC3(CC2Br)C(C(=O)N(CC=C)C2CCCCC2)N([C@@H](CO)Cc2ccccc2)C(=O)[C@H]13. The zero-order valence-corrected chi connectivity index (χ0v) is 25.5. The molecule has 1 aliphatic carbocycles. The molecule has 3 saturated heterocycles. The van der Waals surface area contributed by atoms with Gasteiger partial charge < -0.3 is 24.5 Å². The number of hydrogen-bond acceptors (Lipinski definition) is 5. The van der Waals surface area contributed by atoms with E-state index >= 15 is 0 Å². The van der Waals surface area contributed by atoms with Crippen LogP contribution in [0.1, 0.15) is 44.1 Å². The van der Waals surface area contributed by atoms with E-state index in [0.717, 1.165) is 37.7 Å². The molecule has 7 atom stereocenters. The van der Waals surface area contributed by atoms with Crippen molar-refractivity contribution in [2.45, 2.75) is 79.6 Å². The highest BCUT2D eigenvalue weighted by molar-refractivity contribution is 9.09. The van der Waals surface area contributed by atoms with Gasteiger partial charge in [0.2, 0.25) is 17.7 Å². The summed E-state index contributed by atoms with van der Waals surface area (Å²) < 4.78 is 6.72. The van der Waals surface area contributed by atoms with Crippen LogP contribution in [-0.2, 0) is 25.5 Å². The maximum absolute atomic E-state index is 14.8. The number of amides is 3. The number of likely N-dealkylation sites (tertiary alicyclic amines) is 1. The number of rotatable bonds is 11. The minimum Gasteiger partial charge on any atom is -0.394 e. The number of fused-ring (bicyclic) bond motifs is 1. The molecule has 222 valence electrons. The van der Waals surface area contributed by atoms with Crippen molar-refractivity contribution in [3.05, 3.63) is 61.2 Å². The first-order valence-electron chi connectivity index (χ1n) is 14.8. The molecule has 1 aromatic carbocycles. The van der Waals surface area contributed by atoms with Crippen LogP contribution >= 0.6 is 15.9 Å². The van der Waals surface area contributed by atoms with Gasteiger partial charge in [-0.15, -0.1) is 13.2 Å². The molecule has 3 heterocycles. The van der Waals surface area contributed by atoms with Gasteiger partial charge in [0, 0.05) is 31.0 Å². The minimum absolute atomic E-state index is 0.0536. The van der Waals surface area contributed by atoms with Crippen molar-refractivity contribution in [1.82, 2.24) is 14.7 Å². The summed E-state index contributed by atoms with van der Waals surface area (Å²) in [6.07, 6.45) is 8.75. The van der Waals surface area contributed by atoms with Crippen molar-refractivity contribution in [3.63, 3.8) is 0 Å². The Hall–Kier alpha value is -2.49. The van der Waals surface area contributed by atoms with E-state index in [-0.39, 0.29) is 35.2 Å². The number of alkyl halides is 1. The second-order valence-corrected chi connectivity index (χ2v) is 13.2. The van der Waals surface area contributed by atoms with Crippen LogP contribution in [0.2, 0.25) is 0 Å². The molecule has 5 rings (SSSR count). The maximum Gasteiger partial charge on any atom is 0.248 e. The summed E-state index contributed by atoms with van der Waals surface area (Å²) in [6.45, 7) is 8.10. The minimum atomic E-state index is -1.17. The first-order valence-corrected chi connectivity index (χ1v) is 15.8. The van der Waals surface area contributed by atoms with Crippen LogP contribution in [0.5, 0.6) is 0 Å². The topological polar surface area (TPSA) is 90.4 Å². The van der Waals surface area contributed by atoms with Crippen LogP contribution in [0.25, 0.3) is 0 Å². The molecule has 1 spiro atoms. The fourth-order valence-corrected chi connectivity index (χ4v) is 8.75. The molecule has 1 saturated carbocycles. The second-order valence-electron chi connectivity index (χ2n) is 12.0. The molecule has 1 N–H and O–H groups in total. The van der Waals surface area contributed by atoms with Crippen LogP contribution in [0, 0.1) is 11.8 Å². The Morgan fingerprint density at radius 2 is 1.83 bits per heavy atom. The lowest BCUT2D eigenvalue weighted by atomic mass is 9.70. The number of aliphatic hydroxyl groups excluding tert-OH is 1. The number of hydrogen-bond donors (Lipinski definition) is 1. The molecule has 0 radical (unpaired) electrons. The molecule has 0 aromatic heterocycles.